The second kappa shape index (κ2) is 7.78. The van der Waals surface area contributed by atoms with E-state index in [0.29, 0.717) is 6.61 Å². The Morgan fingerprint density at radius 2 is 2.00 bits per heavy atom. The van der Waals surface area contributed by atoms with Crippen molar-refractivity contribution in [2.24, 2.45) is 0 Å². The Morgan fingerprint density at radius 3 is 2.70 bits per heavy atom. The molecule has 1 aromatic heterocycles. The van der Waals surface area contributed by atoms with Gasteiger partial charge in [0.25, 0.3) is 27.7 Å². The molecule has 156 valence electrons. The van der Waals surface area contributed by atoms with Crippen molar-refractivity contribution in [3.8, 4) is 0 Å². The van der Waals surface area contributed by atoms with Crippen molar-refractivity contribution in [1.29, 1.82) is 0 Å². The van der Waals surface area contributed by atoms with Gasteiger partial charge in [-0.1, -0.05) is 11.6 Å². The van der Waals surface area contributed by atoms with Crippen LogP contribution in [0.5, 0.6) is 0 Å². The fourth-order valence-electron chi connectivity index (χ4n) is 3.40. The first-order valence-electron chi connectivity index (χ1n) is 9.07. The summed E-state index contributed by atoms with van der Waals surface area (Å²) in [6.07, 6.45) is 2.74. The van der Waals surface area contributed by atoms with Gasteiger partial charge in [-0.2, -0.15) is 0 Å². The number of ether oxygens (including phenoxy) is 1. The molecule has 2 aliphatic rings. The number of carbonyl (C=O) groups is 3. The second-order valence-electron chi connectivity index (χ2n) is 6.84. The van der Waals surface area contributed by atoms with E-state index in [-0.39, 0.29) is 39.4 Å². The van der Waals surface area contributed by atoms with E-state index in [1.807, 2.05) is 4.72 Å². The van der Waals surface area contributed by atoms with E-state index in [1.165, 1.54) is 36.5 Å². The van der Waals surface area contributed by atoms with Crippen LogP contribution in [0, 0.1) is 0 Å². The largest absolute Gasteiger partial charge is 0.376 e. The van der Waals surface area contributed by atoms with Gasteiger partial charge in [-0.05, 0) is 43.2 Å². The van der Waals surface area contributed by atoms with Gasteiger partial charge in [0.2, 0.25) is 0 Å². The van der Waals surface area contributed by atoms with Gasteiger partial charge in [-0.15, -0.1) is 0 Å². The number of fused-ring (bicyclic) bond motifs is 1. The number of benzene rings is 1. The number of imide groups is 1. The number of rotatable bonds is 5. The number of amides is 3. The number of hydrogen-bond acceptors (Lipinski definition) is 7. The quantitative estimate of drug-likeness (QED) is 0.543. The van der Waals surface area contributed by atoms with Gasteiger partial charge in [-0.3, -0.25) is 19.3 Å². The van der Waals surface area contributed by atoms with Crippen LogP contribution in [0.25, 0.3) is 0 Å². The highest BCUT2D eigenvalue weighted by molar-refractivity contribution is 7.90. The topological polar surface area (TPSA) is 123 Å². The minimum Gasteiger partial charge on any atom is -0.376 e. The standard InChI is InChI=1S/C19H16ClN3O6S/c20-16-15(4-1-7-21-16)30(27,28)22-17(24)11-5-6-13-14(9-11)19(26)23(18(13)25)10-12-3-2-8-29-12/h1,4-7,9,12H,2-3,8,10H2,(H,22,24)/t12-/m0/s1. The molecule has 1 atom stereocenters. The average molecular weight is 450 g/mol. The summed E-state index contributed by atoms with van der Waals surface area (Å²) in [5.41, 5.74) is 0.118. The lowest BCUT2D eigenvalue weighted by molar-refractivity contribution is 0.0475. The molecule has 1 N–H and O–H groups in total. The van der Waals surface area contributed by atoms with E-state index in [0.717, 1.165) is 17.7 Å². The molecule has 0 saturated carbocycles. The monoisotopic (exact) mass is 449 g/mol. The summed E-state index contributed by atoms with van der Waals surface area (Å²) in [6, 6.07) is 6.41. The van der Waals surface area contributed by atoms with Crippen molar-refractivity contribution >= 4 is 39.3 Å². The highest BCUT2D eigenvalue weighted by Crippen LogP contribution is 2.26. The van der Waals surface area contributed by atoms with Gasteiger partial charge >= 0.3 is 0 Å². The van der Waals surface area contributed by atoms with E-state index in [9.17, 15) is 22.8 Å². The summed E-state index contributed by atoms with van der Waals surface area (Å²) >= 11 is 5.80. The van der Waals surface area contributed by atoms with Crippen molar-refractivity contribution in [3.05, 3.63) is 58.4 Å². The molecule has 30 heavy (non-hydrogen) atoms. The predicted octanol–water partition coefficient (Wildman–Crippen LogP) is 1.63. The van der Waals surface area contributed by atoms with Gasteiger partial charge in [0.15, 0.2) is 0 Å². The summed E-state index contributed by atoms with van der Waals surface area (Å²) in [5, 5.41) is -0.280. The number of aromatic nitrogens is 1. The van der Waals surface area contributed by atoms with Gasteiger partial charge in [0, 0.05) is 18.4 Å². The van der Waals surface area contributed by atoms with Crippen LogP contribution in [-0.2, 0) is 14.8 Å². The first-order valence-corrected chi connectivity index (χ1v) is 10.9. The lowest BCUT2D eigenvalue weighted by atomic mass is 10.1. The number of pyridine rings is 1. The molecule has 4 rings (SSSR count). The Labute approximate surface area is 177 Å². The molecule has 9 nitrogen and oxygen atoms in total. The zero-order chi connectivity index (χ0) is 21.5. The third-order valence-corrected chi connectivity index (χ3v) is 6.66. The molecular weight excluding hydrogens is 434 g/mol. The molecule has 1 saturated heterocycles. The van der Waals surface area contributed by atoms with Crippen LogP contribution in [0.4, 0.5) is 0 Å². The van der Waals surface area contributed by atoms with Crippen LogP contribution in [0.2, 0.25) is 5.15 Å². The molecule has 1 aromatic carbocycles. The lowest BCUT2D eigenvalue weighted by Crippen LogP contribution is -2.36. The van der Waals surface area contributed by atoms with Gasteiger partial charge in [-0.25, -0.2) is 18.1 Å². The highest BCUT2D eigenvalue weighted by Gasteiger charge is 2.38. The van der Waals surface area contributed by atoms with E-state index in [4.69, 9.17) is 16.3 Å². The van der Waals surface area contributed by atoms with Gasteiger partial charge in [0.1, 0.15) is 10.0 Å². The first-order chi connectivity index (χ1) is 14.3. The third kappa shape index (κ3) is 3.69. The fraction of sp³-hybridized carbons (Fsp3) is 0.263. The molecule has 0 radical (unpaired) electrons. The van der Waals surface area contributed by atoms with E-state index >= 15 is 0 Å². The van der Waals surface area contributed by atoms with Crippen LogP contribution in [0.15, 0.2) is 41.4 Å². The highest BCUT2D eigenvalue weighted by atomic mass is 35.5. The number of halogens is 1. The normalized spacial score (nSPS) is 18.6. The molecule has 2 aromatic rings. The minimum atomic E-state index is -4.28. The summed E-state index contributed by atoms with van der Waals surface area (Å²) in [7, 11) is -4.28. The van der Waals surface area contributed by atoms with Crippen LogP contribution >= 0.6 is 11.6 Å². The Bertz CT molecular complexity index is 1160. The first kappa shape index (κ1) is 20.5. The molecule has 0 unspecified atom stereocenters. The second-order valence-corrected chi connectivity index (χ2v) is 8.85. The maximum Gasteiger partial charge on any atom is 0.267 e. The van der Waals surface area contributed by atoms with E-state index in [1.54, 1.807) is 0 Å². The molecule has 0 aliphatic carbocycles. The summed E-state index contributed by atoms with van der Waals surface area (Å²) in [6.45, 7) is 0.731. The number of carbonyl (C=O) groups excluding carboxylic acids is 3. The van der Waals surface area contributed by atoms with Crippen LogP contribution in [0.3, 0.4) is 0 Å². The molecule has 0 spiro atoms. The smallest absolute Gasteiger partial charge is 0.267 e. The molecule has 11 heteroatoms. The Hall–Kier alpha value is -2.82. The molecule has 1 fully saturated rings. The molecular formula is C19H16ClN3O6S. The average Bonchev–Trinajstić information content (AvgIpc) is 3.31. The van der Waals surface area contributed by atoms with Crippen molar-refractivity contribution in [2.75, 3.05) is 13.2 Å². The minimum absolute atomic E-state index is 0.0439. The van der Waals surface area contributed by atoms with Crippen molar-refractivity contribution in [3.63, 3.8) is 0 Å². The zero-order valence-electron chi connectivity index (χ0n) is 15.5. The Morgan fingerprint density at radius 1 is 1.23 bits per heavy atom. The Kier molecular flexibility index (Phi) is 5.31. The Balaban J connectivity index is 1.56. The predicted molar refractivity (Wildman–Crippen MR) is 105 cm³/mol. The maximum absolute atomic E-state index is 12.7. The maximum atomic E-state index is 12.7. The fourth-order valence-corrected chi connectivity index (χ4v) is 4.83. The number of sulfonamides is 1. The van der Waals surface area contributed by atoms with E-state index < -0.39 is 27.7 Å². The van der Waals surface area contributed by atoms with Crippen molar-refractivity contribution in [2.45, 2.75) is 23.8 Å². The van der Waals surface area contributed by atoms with Crippen LogP contribution in [-0.4, -0.2) is 55.3 Å². The van der Waals surface area contributed by atoms with Gasteiger partial charge in [0.05, 0.1) is 23.8 Å². The molecule has 3 heterocycles. The SMILES string of the molecule is O=C(NS(=O)(=O)c1cccnc1Cl)c1ccc2c(c1)C(=O)N(C[C@@H]1CCCO1)C2=O. The number of nitrogens with one attached hydrogen (secondary N) is 1. The summed E-state index contributed by atoms with van der Waals surface area (Å²) in [5.74, 6) is -1.97. The van der Waals surface area contributed by atoms with E-state index in [2.05, 4.69) is 4.98 Å². The van der Waals surface area contributed by atoms with Crippen molar-refractivity contribution < 1.29 is 27.5 Å². The summed E-state index contributed by atoms with van der Waals surface area (Å²) < 4.78 is 32.2. The molecule has 3 amide bonds. The summed E-state index contributed by atoms with van der Waals surface area (Å²) in [4.78, 5) is 42.2. The third-order valence-electron chi connectivity index (χ3n) is 4.88. The number of nitrogens with zero attached hydrogens (tertiary/aromatic N) is 2. The number of hydrogen-bond donors (Lipinski definition) is 1. The van der Waals surface area contributed by atoms with Gasteiger partial charge < -0.3 is 4.74 Å². The zero-order valence-corrected chi connectivity index (χ0v) is 17.1. The van der Waals surface area contributed by atoms with Crippen LogP contribution in [0.1, 0.15) is 43.9 Å². The molecule has 2 aliphatic heterocycles. The molecule has 0 bridgehead atoms. The van der Waals surface area contributed by atoms with Crippen molar-refractivity contribution in [1.82, 2.24) is 14.6 Å². The lowest BCUT2D eigenvalue weighted by Gasteiger charge is -2.17. The van der Waals surface area contributed by atoms with Crippen LogP contribution < -0.4 is 4.72 Å².